The molecule has 1 saturated heterocycles. The summed E-state index contributed by atoms with van der Waals surface area (Å²) in [4.78, 5) is 25.0. The topological polar surface area (TPSA) is 72.7 Å². The molecule has 25 heavy (non-hydrogen) atoms. The summed E-state index contributed by atoms with van der Waals surface area (Å²) in [5.74, 6) is 0.251. The van der Waals surface area contributed by atoms with Crippen LogP contribution in [-0.4, -0.2) is 22.3 Å². The molecule has 1 heterocycles. The minimum atomic E-state index is -0.475. The van der Waals surface area contributed by atoms with Gasteiger partial charge in [-0.3, -0.25) is 19.8 Å². The summed E-state index contributed by atoms with van der Waals surface area (Å²) >= 11 is 6.48. The number of nitro benzene ring substituents is 1. The van der Waals surface area contributed by atoms with Gasteiger partial charge < -0.3 is 4.74 Å². The molecule has 2 aromatic rings. The molecule has 0 spiro atoms. The van der Waals surface area contributed by atoms with Crippen LogP contribution >= 0.6 is 24.0 Å². The highest BCUT2D eigenvalue weighted by molar-refractivity contribution is 8.27. The van der Waals surface area contributed by atoms with Crippen molar-refractivity contribution in [2.75, 3.05) is 12.0 Å². The average Bonchev–Trinajstić information content (AvgIpc) is 2.88. The highest BCUT2D eigenvalue weighted by Gasteiger charge is 2.34. The predicted octanol–water partition coefficient (Wildman–Crippen LogP) is 4.01. The molecule has 1 aliphatic rings. The van der Waals surface area contributed by atoms with Gasteiger partial charge in [-0.05, 0) is 23.8 Å². The second kappa shape index (κ2) is 7.04. The molecule has 2 aromatic carbocycles. The number of thiocarbonyl (C=S) groups is 1. The Kier molecular flexibility index (Phi) is 4.82. The van der Waals surface area contributed by atoms with Crippen molar-refractivity contribution in [1.29, 1.82) is 0 Å². The number of ether oxygens (including phenoxy) is 1. The molecule has 0 atom stereocenters. The largest absolute Gasteiger partial charge is 0.495 e. The summed E-state index contributed by atoms with van der Waals surface area (Å²) in [7, 11) is 1.52. The lowest BCUT2D eigenvalue weighted by Gasteiger charge is -2.17. The fourth-order valence-electron chi connectivity index (χ4n) is 2.37. The van der Waals surface area contributed by atoms with Crippen LogP contribution in [0.1, 0.15) is 5.56 Å². The third-order valence-electron chi connectivity index (χ3n) is 3.50. The number of carbonyl (C=O) groups excluding carboxylic acids is 1. The van der Waals surface area contributed by atoms with Crippen molar-refractivity contribution in [3.8, 4) is 5.75 Å². The molecule has 0 saturated carbocycles. The minimum Gasteiger partial charge on any atom is -0.495 e. The highest BCUT2D eigenvalue weighted by Crippen LogP contribution is 2.39. The van der Waals surface area contributed by atoms with Crippen LogP contribution in [0.3, 0.4) is 0 Å². The molecule has 0 unspecified atom stereocenters. The molecule has 0 aliphatic carbocycles. The molecule has 0 aromatic heterocycles. The van der Waals surface area contributed by atoms with E-state index in [1.54, 1.807) is 42.5 Å². The van der Waals surface area contributed by atoms with Crippen molar-refractivity contribution < 1.29 is 14.5 Å². The van der Waals surface area contributed by atoms with Gasteiger partial charge in [0.05, 0.1) is 22.6 Å². The number of nitro groups is 1. The van der Waals surface area contributed by atoms with E-state index in [2.05, 4.69) is 0 Å². The Morgan fingerprint density at radius 2 is 2.00 bits per heavy atom. The number of anilines is 1. The molecule has 1 fully saturated rings. The molecule has 1 amide bonds. The standard InChI is InChI=1S/C17H12N2O4S2/c1-23-14-8-3-2-7-13(14)18-16(20)15(25-17(18)24)10-11-5-4-6-12(9-11)19(21)22/h2-10H,1H3/b15-10-. The van der Waals surface area contributed by atoms with Gasteiger partial charge in [0.1, 0.15) is 5.75 Å². The summed E-state index contributed by atoms with van der Waals surface area (Å²) in [6.07, 6.45) is 1.60. The summed E-state index contributed by atoms with van der Waals surface area (Å²) in [5.41, 5.74) is 1.10. The maximum atomic E-state index is 12.8. The number of nitrogens with zero attached hydrogens (tertiary/aromatic N) is 2. The Hall–Kier alpha value is -2.71. The number of hydrogen-bond donors (Lipinski definition) is 0. The number of rotatable bonds is 4. The number of thioether (sulfide) groups is 1. The van der Waals surface area contributed by atoms with E-state index >= 15 is 0 Å². The average molecular weight is 372 g/mol. The van der Waals surface area contributed by atoms with E-state index in [4.69, 9.17) is 17.0 Å². The first-order valence-electron chi connectivity index (χ1n) is 7.16. The second-order valence-corrected chi connectivity index (χ2v) is 6.72. The van der Waals surface area contributed by atoms with E-state index in [-0.39, 0.29) is 11.6 Å². The number of hydrogen-bond acceptors (Lipinski definition) is 6. The lowest BCUT2D eigenvalue weighted by atomic mass is 10.2. The van der Waals surface area contributed by atoms with Crippen molar-refractivity contribution in [2.45, 2.75) is 0 Å². The van der Waals surface area contributed by atoms with Crippen molar-refractivity contribution >= 4 is 51.7 Å². The normalized spacial score (nSPS) is 15.7. The first-order chi connectivity index (χ1) is 12.0. The summed E-state index contributed by atoms with van der Waals surface area (Å²) in [5, 5.41) is 10.9. The number of carbonyl (C=O) groups is 1. The van der Waals surface area contributed by atoms with Gasteiger partial charge in [-0.15, -0.1) is 0 Å². The first-order valence-corrected chi connectivity index (χ1v) is 8.39. The lowest BCUT2D eigenvalue weighted by molar-refractivity contribution is -0.384. The van der Waals surface area contributed by atoms with Crippen LogP contribution in [0.5, 0.6) is 5.75 Å². The maximum absolute atomic E-state index is 12.8. The zero-order chi connectivity index (χ0) is 18.0. The number of amides is 1. The molecular formula is C17H12N2O4S2. The molecule has 0 bridgehead atoms. The smallest absolute Gasteiger partial charge is 0.270 e. The van der Waals surface area contributed by atoms with E-state index in [0.29, 0.717) is 26.2 Å². The Bertz CT molecular complexity index is 911. The van der Waals surface area contributed by atoms with E-state index in [0.717, 1.165) is 11.8 Å². The lowest BCUT2D eigenvalue weighted by Crippen LogP contribution is -2.27. The van der Waals surface area contributed by atoms with Gasteiger partial charge in [-0.25, -0.2) is 0 Å². The van der Waals surface area contributed by atoms with Gasteiger partial charge in [0.2, 0.25) is 0 Å². The molecule has 3 rings (SSSR count). The molecule has 6 nitrogen and oxygen atoms in total. The molecule has 0 N–H and O–H groups in total. The maximum Gasteiger partial charge on any atom is 0.270 e. The molecule has 8 heteroatoms. The van der Waals surface area contributed by atoms with Crippen LogP contribution in [0.25, 0.3) is 6.08 Å². The third-order valence-corrected chi connectivity index (χ3v) is 4.80. The Morgan fingerprint density at radius 1 is 1.24 bits per heavy atom. The minimum absolute atomic E-state index is 0.0334. The fraction of sp³-hybridized carbons (Fsp3) is 0.0588. The van der Waals surface area contributed by atoms with Crippen molar-refractivity contribution in [1.82, 2.24) is 0 Å². The van der Waals surface area contributed by atoms with Crippen LogP contribution in [0.15, 0.2) is 53.4 Å². The van der Waals surface area contributed by atoms with Gasteiger partial charge in [0.15, 0.2) is 4.32 Å². The van der Waals surface area contributed by atoms with Crippen LogP contribution in [-0.2, 0) is 4.79 Å². The number of methoxy groups -OCH3 is 1. The van der Waals surface area contributed by atoms with Crippen LogP contribution < -0.4 is 9.64 Å². The van der Waals surface area contributed by atoms with Crippen LogP contribution in [0, 0.1) is 10.1 Å². The number of para-hydroxylation sites is 2. The van der Waals surface area contributed by atoms with E-state index in [1.807, 2.05) is 0 Å². The molecule has 126 valence electrons. The predicted molar refractivity (Wildman–Crippen MR) is 102 cm³/mol. The second-order valence-electron chi connectivity index (χ2n) is 5.04. The highest BCUT2D eigenvalue weighted by atomic mass is 32.2. The number of non-ortho nitro benzene ring substituents is 1. The molecule has 0 radical (unpaired) electrons. The van der Waals surface area contributed by atoms with Crippen molar-refractivity contribution in [3.63, 3.8) is 0 Å². The monoisotopic (exact) mass is 372 g/mol. The van der Waals surface area contributed by atoms with Crippen LogP contribution in [0.2, 0.25) is 0 Å². The SMILES string of the molecule is COc1ccccc1N1C(=O)/C(=C/c2cccc([N+](=O)[O-])c2)SC1=S. The van der Waals surface area contributed by atoms with E-state index in [9.17, 15) is 14.9 Å². The van der Waals surface area contributed by atoms with Gasteiger partial charge in [-0.2, -0.15) is 0 Å². The van der Waals surface area contributed by atoms with Gasteiger partial charge >= 0.3 is 0 Å². The zero-order valence-corrected chi connectivity index (χ0v) is 14.7. The summed E-state index contributed by atoms with van der Waals surface area (Å²) < 4.78 is 5.67. The van der Waals surface area contributed by atoms with E-state index in [1.165, 1.54) is 24.1 Å². The summed E-state index contributed by atoms with van der Waals surface area (Å²) in [6, 6.07) is 13.2. The van der Waals surface area contributed by atoms with Gasteiger partial charge in [0, 0.05) is 12.1 Å². The Morgan fingerprint density at radius 3 is 2.72 bits per heavy atom. The Balaban J connectivity index is 1.96. The zero-order valence-electron chi connectivity index (χ0n) is 13.0. The van der Waals surface area contributed by atoms with Crippen LogP contribution in [0.4, 0.5) is 11.4 Å². The third kappa shape index (κ3) is 3.40. The Labute approximate surface area is 153 Å². The van der Waals surface area contributed by atoms with Gasteiger partial charge in [-0.1, -0.05) is 48.2 Å². The molecule has 1 aliphatic heterocycles. The summed E-state index contributed by atoms with van der Waals surface area (Å²) in [6.45, 7) is 0. The number of benzene rings is 2. The molecular weight excluding hydrogens is 360 g/mol. The van der Waals surface area contributed by atoms with Crippen molar-refractivity contribution in [3.05, 3.63) is 69.1 Å². The van der Waals surface area contributed by atoms with Crippen molar-refractivity contribution in [2.24, 2.45) is 0 Å². The van der Waals surface area contributed by atoms with Gasteiger partial charge in [0.25, 0.3) is 11.6 Å². The van der Waals surface area contributed by atoms with E-state index < -0.39 is 4.92 Å². The first kappa shape index (κ1) is 17.1. The quantitative estimate of drug-likeness (QED) is 0.349. The fourth-order valence-corrected chi connectivity index (χ4v) is 3.65.